The number of nitrogens with zero attached hydrogens (tertiary/aromatic N) is 2. The number of anilines is 1. The maximum absolute atomic E-state index is 12.8. The van der Waals surface area contributed by atoms with Crippen LogP contribution in [0, 0.1) is 5.92 Å². The highest BCUT2D eigenvalue weighted by Gasteiger charge is 2.36. The molecule has 1 saturated carbocycles. The molecule has 1 N–H and O–H groups in total. The summed E-state index contributed by atoms with van der Waals surface area (Å²) in [7, 11) is 1.83. The number of nitrogens with one attached hydrogen (secondary N) is 1. The van der Waals surface area contributed by atoms with Crippen molar-refractivity contribution in [3.8, 4) is 0 Å². The lowest BCUT2D eigenvalue weighted by atomic mass is 9.95. The van der Waals surface area contributed by atoms with Gasteiger partial charge in [0.05, 0.1) is 0 Å². The molecule has 20 heavy (non-hydrogen) atoms. The van der Waals surface area contributed by atoms with E-state index >= 15 is 0 Å². The molecule has 1 aliphatic carbocycles. The third-order valence-corrected chi connectivity index (χ3v) is 4.77. The highest BCUT2D eigenvalue weighted by atomic mass is 16.2. The van der Waals surface area contributed by atoms with Gasteiger partial charge in [-0.1, -0.05) is 12.8 Å². The van der Waals surface area contributed by atoms with Gasteiger partial charge < -0.3 is 10.2 Å². The molecule has 4 heteroatoms. The summed E-state index contributed by atoms with van der Waals surface area (Å²) >= 11 is 0. The molecular formula is C16H23N3O. The van der Waals surface area contributed by atoms with Gasteiger partial charge in [0, 0.05) is 31.4 Å². The van der Waals surface area contributed by atoms with Crippen molar-refractivity contribution in [3.63, 3.8) is 0 Å². The minimum absolute atomic E-state index is 0.179. The first-order chi connectivity index (χ1) is 9.79. The normalized spacial score (nSPS) is 23.2. The van der Waals surface area contributed by atoms with E-state index in [2.05, 4.69) is 15.2 Å². The number of hydrogen-bond acceptors (Lipinski definition) is 3. The Morgan fingerprint density at radius 1 is 1.30 bits per heavy atom. The standard InChI is InChI=1S/C16H23N3O/c1-17-15-11-13(8-9-18-15)16(20)19-10-4-7-14(19)12-5-2-3-6-12/h8-9,11-12,14H,2-7,10H2,1H3,(H,17,18). The van der Waals surface area contributed by atoms with Gasteiger partial charge in [0.1, 0.15) is 5.82 Å². The van der Waals surface area contributed by atoms with Gasteiger partial charge in [0.2, 0.25) is 0 Å². The second-order valence-corrected chi connectivity index (χ2v) is 5.93. The Morgan fingerprint density at radius 3 is 2.85 bits per heavy atom. The number of likely N-dealkylation sites (tertiary alicyclic amines) is 1. The molecule has 1 aromatic rings. The first-order valence-electron chi connectivity index (χ1n) is 7.74. The van der Waals surface area contributed by atoms with Crippen molar-refractivity contribution in [3.05, 3.63) is 23.9 Å². The molecule has 0 radical (unpaired) electrons. The Bertz CT molecular complexity index is 482. The average Bonchev–Trinajstić information content (AvgIpc) is 3.16. The van der Waals surface area contributed by atoms with Crippen molar-refractivity contribution in [1.82, 2.24) is 9.88 Å². The zero-order valence-corrected chi connectivity index (χ0v) is 12.1. The first-order valence-corrected chi connectivity index (χ1v) is 7.74. The maximum atomic E-state index is 12.8. The average molecular weight is 273 g/mol. The third-order valence-electron chi connectivity index (χ3n) is 4.77. The van der Waals surface area contributed by atoms with Crippen LogP contribution in [0.15, 0.2) is 18.3 Å². The van der Waals surface area contributed by atoms with Gasteiger partial charge in [-0.05, 0) is 43.7 Å². The predicted molar refractivity (Wildman–Crippen MR) is 79.8 cm³/mol. The molecule has 1 atom stereocenters. The Hall–Kier alpha value is -1.58. The summed E-state index contributed by atoms with van der Waals surface area (Å²) in [6.45, 7) is 0.914. The fourth-order valence-electron chi connectivity index (χ4n) is 3.74. The van der Waals surface area contributed by atoms with Gasteiger partial charge in [-0.25, -0.2) is 4.98 Å². The zero-order chi connectivity index (χ0) is 13.9. The van der Waals surface area contributed by atoms with Gasteiger partial charge in [0.15, 0.2) is 0 Å². The van der Waals surface area contributed by atoms with E-state index in [1.807, 2.05) is 19.2 Å². The lowest BCUT2D eigenvalue weighted by Gasteiger charge is -2.29. The minimum atomic E-state index is 0.179. The van der Waals surface area contributed by atoms with Crippen LogP contribution >= 0.6 is 0 Å². The van der Waals surface area contributed by atoms with Crippen LogP contribution in [0.3, 0.4) is 0 Å². The van der Waals surface area contributed by atoms with Crippen LogP contribution in [0.4, 0.5) is 5.82 Å². The van der Waals surface area contributed by atoms with Crippen LogP contribution in [0.1, 0.15) is 48.9 Å². The number of rotatable bonds is 3. The molecule has 2 fully saturated rings. The van der Waals surface area contributed by atoms with E-state index in [1.54, 1.807) is 6.20 Å². The van der Waals surface area contributed by atoms with E-state index in [9.17, 15) is 4.79 Å². The number of carbonyl (C=O) groups is 1. The number of pyridine rings is 1. The molecule has 1 unspecified atom stereocenters. The minimum Gasteiger partial charge on any atom is -0.373 e. The molecule has 1 aliphatic heterocycles. The van der Waals surface area contributed by atoms with Crippen LogP contribution < -0.4 is 5.32 Å². The Morgan fingerprint density at radius 2 is 2.10 bits per heavy atom. The van der Waals surface area contributed by atoms with Crippen LogP contribution in [0.5, 0.6) is 0 Å². The topological polar surface area (TPSA) is 45.2 Å². The lowest BCUT2D eigenvalue weighted by Crippen LogP contribution is -2.39. The Labute approximate surface area is 120 Å². The Kier molecular flexibility index (Phi) is 3.90. The summed E-state index contributed by atoms with van der Waals surface area (Å²) < 4.78 is 0. The van der Waals surface area contributed by atoms with E-state index in [0.29, 0.717) is 6.04 Å². The molecular weight excluding hydrogens is 250 g/mol. The molecule has 0 bridgehead atoms. The van der Waals surface area contributed by atoms with Gasteiger partial charge >= 0.3 is 0 Å². The van der Waals surface area contributed by atoms with Crippen molar-refractivity contribution in [2.75, 3.05) is 18.9 Å². The van der Waals surface area contributed by atoms with Gasteiger partial charge in [-0.3, -0.25) is 4.79 Å². The number of aromatic nitrogens is 1. The summed E-state index contributed by atoms with van der Waals surface area (Å²) in [6.07, 6.45) is 9.31. The largest absolute Gasteiger partial charge is 0.373 e. The molecule has 108 valence electrons. The second-order valence-electron chi connectivity index (χ2n) is 5.93. The highest BCUT2D eigenvalue weighted by Crippen LogP contribution is 2.36. The van der Waals surface area contributed by atoms with E-state index in [0.717, 1.165) is 30.3 Å². The van der Waals surface area contributed by atoms with Crippen LogP contribution in [0.2, 0.25) is 0 Å². The molecule has 1 saturated heterocycles. The quantitative estimate of drug-likeness (QED) is 0.921. The Balaban J connectivity index is 1.77. The number of hydrogen-bond donors (Lipinski definition) is 1. The number of amides is 1. The van der Waals surface area contributed by atoms with Crippen LogP contribution in [-0.2, 0) is 0 Å². The van der Waals surface area contributed by atoms with Gasteiger partial charge in [-0.2, -0.15) is 0 Å². The van der Waals surface area contributed by atoms with E-state index in [1.165, 1.54) is 32.1 Å². The lowest BCUT2D eigenvalue weighted by molar-refractivity contribution is 0.0689. The molecule has 0 spiro atoms. The fraction of sp³-hybridized carbons (Fsp3) is 0.625. The summed E-state index contributed by atoms with van der Waals surface area (Å²) in [5.41, 5.74) is 0.759. The third kappa shape index (κ3) is 2.51. The zero-order valence-electron chi connectivity index (χ0n) is 12.1. The summed E-state index contributed by atoms with van der Waals surface area (Å²) in [5.74, 6) is 1.66. The van der Waals surface area contributed by atoms with Gasteiger partial charge in [-0.15, -0.1) is 0 Å². The highest BCUT2D eigenvalue weighted by molar-refractivity contribution is 5.95. The van der Waals surface area contributed by atoms with E-state index < -0.39 is 0 Å². The van der Waals surface area contributed by atoms with E-state index in [4.69, 9.17) is 0 Å². The van der Waals surface area contributed by atoms with Gasteiger partial charge in [0.25, 0.3) is 5.91 Å². The summed E-state index contributed by atoms with van der Waals surface area (Å²) in [6, 6.07) is 4.15. The fourth-order valence-corrected chi connectivity index (χ4v) is 3.74. The van der Waals surface area contributed by atoms with Crippen molar-refractivity contribution >= 4 is 11.7 Å². The van der Waals surface area contributed by atoms with Crippen molar-refractivity contribution in [2.45, 2.75) is 44.6 Å². The van der Waals surface area contributed by atoms with Crippen LogP contribution in [0.25, 0.3) is 0 Å². The second kappa shape index (κ2) is 5.81. The molecule has 2 heterocycles. The first kappa shape index (κ1) is 13.4. The molecule has 4 nitrogen and oxygen atoms in total. The molecule has 3 rings (SSSR count). The monoisotopic (exact) mass is 273 g/mol. The summed E-state index contributed by atoms with van der Waals surface area (Å²) in [4.78, 5) is 19.0. The van der Waals surface area contributed by atoms with Crippen molar-refractivity contribution < 1.29 is 4.79 Å². The molecule has 0 aromatic carbocycles. The molecule has 1 aromatic heterocycles. The molecule has 1 amide bonds. The van der Waals surface area contributed by atoms with Crippen molar-refractivity contribution in [1.29, 1.82) is 0 Å². The molecule has 2 aliphatic rings. The smallest absolute Gasteiger partial charge is 0.254 e. The SMILES string of the molecule is CNc1cc(C(=O)N2CCCC2C2CCCC2)ccn1. The maximum Gasteiger partial charge on any atom is 0.254 e. The van der Waals surface area contributed by atoms with E-state index in [-0.39, 0.29) is 5.91 Å². The van der Waals surface area contributed by atoms with Crippen molar-refractivity contribution in [2.24, 2.45) is 5.92 Å². The van der Waals surface area contributed by atoms with Crippen LogP contribution in [-0.4, -0.2) is 35.4 Å². The number of carbonyl (C=O) groups excluding carboxylic acids is 1. The predicted octanol–water partition coefficient (Wildman–Crippen LogP) is 2.92. The summed E-state index contributed by atoms with van der Waals surface area (Å²) in [5, 5.41) is 3.00.